The predicted molar refractivity (Wildman–Crippen MR) is 96.9 cm³/mol. The summed E-state index contributed by atoms with van der Waals surface area (Å²) in [5.41, 5.74) is 2.10. The van der Waals surface area contributed by atoms with E-state index in [2.05, 4.69) is 32.9 Å². The summed E-state index contributed by atoms with van der Waals surface area (Å²) < 4.78 is 0. The van der Waals surface area contributed by atoms with Crippen LogP contribution in [-0.4, -0.2) is 35.0 Å². The number of aromatic nitrogens is 2. The Kier molecular flexibility index (Phi) is 5.93. The largest absolute Gasteiger partial charge is 0.356 e. The molecule has 0 spiro atoms. The van der Waals surface area contributed by atoms with Gasteiger partial charge in [0.25, 0.3) is 0 Å². The van der Waals surface area contributed by atoms with Crippen LogP contribution in [0.2, 0.25) is 0 Å². The minimum Gasteiger partial charge on any atom is -0.356 e. The Bertz CT molecular complexity index is 658. The maximum atomic E-state index is 12.2. The molecule has 3 heterocycles. The van der Waals surface area contributed by atoms with Crippen LogP contribution in [0.5, 0.6) is 0 Å². The van der Waals surface area contributed by atoms with Crippen molar-refractivity contribution >= 4 is 17.2 Å². The summed E-state index contributed by atoms with van der Waals surface area (Å²) in [5, 5.41) is 9.66. The third-order valence-corrected chi connectivity index (χ3v) is 5.30. The van der Waals surface area contributed by atoms with Gasteiger partial charge in [-0.1, -0.05) is 0 Å². The molecule has 0 unspecified atom stereocenters. The van der Waals surface area contributed by atoms with E-state index in [-0.39, 0.29) is 11.8 Å². The van der Waals surface area contributed by atoms with Crippen LogP contribution in [0.1, 0.15) is 31.2 Å². The van der Waals surface area contributed by atoms with Crippen molar-refractivity contribution in [1.29, 1.82) is 0 Å². The Balaban J connectivity index is 1.41. The van der Waals surface area contributed by atoms with Gasteiger partial charge >= 0.3 is 0 Å². The first kappa shape index (κ1) is 17.0. The number of nitrogens with zero attached hydrogens (tertiary/aromatic N) is 2. The van der Waals surface area contributed by atoms with Crippen molar-refractivity contribution in [2.24, 2.45) is 5.92 Å². The predicted octanol–water partition coefficient (Wildman–Crippen LogP) is 2.64. The Morgan fingerprint density at radius 1 is 1.42 bits per heavy atom. The van der Waals surface area contributed by atoms with E-state index in [0.29, 0.717) is 6.04 Å². The van der Waals surface area contributed by atoms with Crippen LogP contribution in [0.3, 0.4) is 0 Å². The second-order valence-electron chi connectivity index (χ2n) is 6.33. The van der Waals surface area contributed by atoms with E-state index in [1.807, 2.05) is 12.1 Å². The molecule has 1 aliphatic heterocycles. The van der Waals surface area contributed by atoms with E-state index >= 15 is 0 Å². The summed E-state index contributed by atoms with van der Waals surface area (Å²) >= 11 is 1.68. The van der Waals surface area contributed by atoms with Gasteiger partial charge in [-0.05, 0) is 44.9 Å². The SMILES string of the molecule is C[C@H]1C[C@@H](C(=O)NCCCc2nc(-c3ccncc3)cs2)CCN1. The fourth-order valence-corrected chi connectivity index (χ4v) is 3.90. The Morgan fingerprint density at radius 3 is 3.04 bits per heavy atom. The van der Waals surface area contributed by atoms with Gasteiger partial charge in [0.2, 0.25) is 5.91 Å². The Hall–Kier alpha value is -1.79. The van der Waals surface area contributed by atoms with Crippen molar-refractivity contribution in [3.05, 3.63) is 34.9 Å². The van der Waals surface area contributed by atoms with Crippen LogP contribution in [0, 0.1) is 5.92 Å². The summed E-state index contributed by atoms with van der Waals surface area (Å²) in [7, 11) is 0. The molecule has 6 heteroatoms. The van der Waals surface area contributed by atoms with Gasteiger partial charge in [-0.15, -0.1) is 11.3 Å². The molecule has 1 amide bonds. The molecule has 0 aliphatic carbocycles. The number of hydrogen-bond acceptors (Lipinski definition) is 5. The lowest BCUT2D eigenvalue weighted by atomic mass is 9.92. The molecule has 2 aromatic heterocycles. The maximum Gasteiger partial charge on any atom is 0.223 e. The molecule has 5 nitrogen and oxygen atoms in total. The number of amides is 1. The molecule has 24 heavy (non-hydrogen) atoms. The average molecular weight is 344 g/mol. The maximum absolute atomic E-state index is 12.2. The van der Waals surface area contributed by atoms with Crippen LogP contribution in [0.4, 0.5) is 0 Å². The van der Waals surface area contributed by atoms with Gasteiger partial charge in [0.1, 0.15) is 0 Å². The number of carbonyl (C=O) groups is 1. The van der Waals surface area contributed by atoms with E-state index < -0.39 is 0 Å². The van der Waals surface area contributed by atoms with Crippen LogP contribution < -0.4 is 10.6 Å². The standard InChI is InChI=1S/C18H24N4OS/c1-13-11-15(6-10-20-13)18(23)21-7-2-3-17-22-16(12-24-17)14-4-8-19-9-5-14/h4-5,8-9,12-13,15,20H,2-3,6-7,10-11H2,1H3,(H,21,23)/t13-,15-/m0/s1. The number of carbonyl (C=O) groups excluding carboxylic acids is 1. The van der Waals surface area contributed by atoms with Gasteiger partial charge in [-0.25, -0.2) is 4.98 Å². The molecule has 2 aromatic rings. The molecule has 1 fully saturated rings. The van der Waals surface area contributed by atoms with Crippen molar-refractivity contribution in [2.45, 2.75) is 38.6 Å². The van der Waals surface area contributed by atoms with E-state index in [1.54, 1.807) is 23.7 Å². The zero-order chi connectivity index (χ0) is 16.8. The number of rotatable bonds is 6. The molecule has 1 aliphatic rings. The number of nitrogens with one attached hydrogen (secondary N) is 2. The molecular weight excluding hydrogens is 320 g/mol. The van der Waals surface area contributed by atoms with Gasteiger partial charge < -0.3 is 10.6 Å². The molecule has 2 atom stereocenters. The first-order valence-corrected chi connectivity index (χ1v) is 9.46. The first-order chi connectivity index (χ1) is 11.7. The molecule has 0 aromatic carbocycles. The van der Waals surface area contributed by atoms with Crippen molar-refractivity contribution in [3.63, 3.8) is 0 Å². The zero-order valence-corrected chi connectivity index (χ0v) is 14.8. The Labute approximate surface area is 146 Å². The summed E-state index contributed by atoms with van der Waals surface area (Å²) in [5.74, 6) is 0.374. The molecule has 1 saturated heterocycles. The van der Waals surface area contributed by atoms with Gasteiger partial charge in [0.05, 0.1) is 10.7 Å². The first-order valence-electron chi connectivity index (χ1n) is 8.58. The monoisotopic (exact) mass is 344 g/mol. The van der Waals surface area contributed by atoms with Crippen molar-refractivity contribution in [1.82, 2.24) is 20.6 Å². The second-order valence-corrected chi connectivity index (χ2v) is 7.28. The topological polar surface area (TPSA) is 66.9 Å². The van der Waals surface area contributed by atoms with Crippen molar-refractivity contribution in [2.75, 3.05) is 13.1 Å². The van der Waals surface area contributed by atoms with Crippen LogP contribution in [0.25, 0.3) is 11.3 Å². The fraction of sp³-hybridized carbons (Fsp3) is 0.500. The van der Waals surface area contributed by atoms with Crippen molar-refractivity contribution in [3.8, 4) is 11.3 Å². The highest BCUT2D eigenvalue weighted by Crippen LogP contribution is 2.21. The third-order valence-electron chi connectivity index (χ3n) is 4.39. The average Bonchev–Trinajstić information content (AvgIpc) is 3.08. The quantitative estimate of drug-likeness (QED) is 0.791. The molecule has 0 radical (unpaired) electrons. The van der Waals surface area contributed by atoms with Gasteiger partial charge in [-0.2, -0.15) is 0 Å². The highest BCUT2D eigenvalue weighted by Gasteiger charge is 2.24. The zero-order valence-electron chi connectivity index (χ0n) is 14.0. The molecule has 0 bridgehead atoms. The highest BCUT2D eigenvalue weighted by molar-refractivity contribution is 7.09. The van der Waals surface area contributed by atoms with E-state index in [1.165, 1.54) is 0 Å². The van der Waals surface area contributed by atoms with Crippen LogP contribution >= 0.6 is 11.3 Å². The minimum absolute atomic E-state index is 0.166. The molecule has 2 N–H and O–H groups in total. The van der Waals surface area contributed by atoms with Crippen LogP contribution in [0.15, 0.2) is 29.9 Å². The lowest BCUT2D eigenvalue weighted by molar-refractivity contribution is -0.126. The molecular formula is C18H24N4OS. The summed E-state index contributed by atoms with van der Waals surface area (Å²) in [6, 6.07) is 4.38. The highest BCUT2D eigenvalue weighted by atomic mass is 32.1. The van der Waals surface area contributed by atoms with E-state index in [9.17, 15) is 4.79 Å². The Morgan fingerprint density at radius 2 is 2.25 bits per heavy atom. The number of piperidine rings is 1. The third kappa shape index (κ3) is 4.61. The molecule has 3 rings (SSSR count). The lowest BCUT2D eigenvalue weighted by Crippen LogP contribution is -2.42. The molecule has 0 saturated carbocycles. The number of hydrogen-bond donors (Lipinski definition) is 2. The summed E-state index contributed by atoms with van der Waals surface area (Å²) in [4.78, 5) is 20.9. The smallest absolute Gasteiger partial charge is 0.223 e. The summed E-state index contributed by atoms with van der Waals surface area (Å²) in [6.07, 6.45) is 7.27. The van der Waals surface area contributed by atoms with Gasteiger partial charge in [0, 0.05) is 48.3 Å². The normalized spacial score (nSPS) is 20.7. The molecule has 128 valence electrons. The number of thiazole rings is 1. The van der Waals surface area contributed by atoms with Crippen molar-refractivity contribution < 1.29 is 4.79 Å². The van der Waals surface area contributed by atoms with E-state index in [0.717, 1.165) is 55.0 Å². The lowest BCUT2D eigenvalue weighted by Gasteiger charge is -2.27. The minimum atomic E-state index is 0.166. The number of aryl methyl sites for hydroxylation is 1. The number of pyridine rings is 1. The van der Waals surface area contributed by atoms with Gasteiger partial charge in [0.15, 0.2) is 0 Å². The summed E-state index contributed by atoms with van der Waals surface area (Å²) in [6.45, 7) is 3.81. The van der Waals surface area contributed by atoms with Gasteiger partial charge in [-0.3, -0.25) is 9.78 Å². The second kappa shape index (κ2) is 8.35. The fourth-order valence-electron chi connectivity index (χ4n) is 3.05. The van der Waals surface area contributed by atoms with E-state index in [4.69, 9.17) is 0 Å². The van der Waals surface area contributed by atoms with Crippen LogP contribution in [-0.2, 0) is 11.2 Å².